The van der Waals surface area contributed by atoms with Crippen LogP contribution >= 0.6 is 0 Å². The molecule has 40 heavy (non-hydrogen) atoms. The van der Waals surface area contributed by atoms with Crippen molar-refractivity contribution in [2.24, 2.45) is 23.7 Å². The van der Waals surface area contributed by atoms with Gasteiger partial charge in [-0.3, -0.25) is 9.10 Å². The Kier molecular flexibility index (Phi) is 7.29. The Balaban J connectivity index is 1.19. The molecule has 3 aromatic carbocycles. The standard InChI is InChI=1S/C32H35FN2O4S/c1-2-39-29-11-9-28(10-12-29)35(40(37,38)30-13-5-26(33)6-14-30)20-31(36)34-27-7-3-23(4-8-27)32-24-16-21-15-22(18-24)19-25(32)17-21/h3-14,21-22,24-25,32H,2,15-20H2,1H3,(H,34,36). The average molecular weight is 563 g/mol. The molecular formula is C32H35FN2O4S. The normalized spacial score (nSPS) is 25.0. The Morgan fingerprint density at radius 3 is 2.05 bits per heavy atom. The maximum atomic E-state index is 13.6. The first-order chi connectivity index (χ1) is 19.3. The van der Waals surface area contributed by atoms with Crippen LogP contribution in [0.1, 0.15) is 50.5 Å². The first-order valence-corrected chi connectivity index (χ1v) is 15.6. The lowest BCUT2D eigenvalue weighted by Crippen LogP contribution is -2.43. The molecule has 0 heterocycles. The van der Waals surface area contributed by atoms with Crippen LogP contribution in [-0.2, 0) is 14.8 Å². The first kappa shape index (κ1) is 26.8. The molecular weight excluding hydrogens is 527 g/mol. The summed E-state index contributed by atoms with van der Waals surface area (Å²) in [5.74, 6) is 3.57. The van der Waals surface area contributed by atoms with Gasteiger partial charge in [-0.2, -0.15) is 0 Å². The summed E-state index contributed by atoms with van der Waals surface area (Å²) in [5.41, 5.74) is 2.28. The van der Waals surface area contributed by atoms with Gasteiger partial charge in [0.2, 0.25) is 5.91 Å². The van der Waals surface area contributed by atoms with Gasteiger partial charge in [0.1, 0.15) is 18.1 Å². The van der Waals surface area contributed by atoms with E-state index in [0.29, 0.717) is 29.6 Å². The number of hydrogen-bond donors (Lipinski definition) is 1. The maximum absolute atomic E-state index is 13.6. The van der Waals surface area contributed by atoms with Crippen molar-refractivity contribution >= 4 is 27.3 Å². The zero-order chi connectivity index (χ0) is 27.9. The van der Waals surface area contributed by atoms with E-state index < -0.39 is 28.3 Å². The minimum absolute atomic E-state index is 0.101. The molecule has 0 unspecified atom stereocenters. The second kappa shape index (κ2) is 10.9. The molecule has 6 nitrogen and oxygen atoms in total. The summed E-state index contributed by atoms with van der Waals surface area (Å²) in [6.45, 7) is 1.89. The van der Waals surface area contributed by atoms with Crippen molar-refractivity contribution in [1.82, 2.24) is 0 Å². The van der Waals surface area contributed by atoms with E-state index in [1.807, 2.05) is 19.1 Å². The summed E-state index contributed by atoms with van der Waals surface area (Å²) in [6.07, 6.45) is 6.81. The summed E-state index contributed by atoms with van der Waals surface area (Å²) in [5, 5.41) is 2.87. The van der Waals surface area contributed by atoms with Crippen molar-refractivity contribution in [3.05, 3.63) is 84.2 Å². The van der Waals surface area contributed by atoms with Crippen LogP contribution in [0.4, 0.5) is 15.8 Å². The zero-order valence-corrected chi connectivity index (χ0v) is 23.4. The second-order valence-electron chi connectivity index (χ2n) is 11.5. The van der Waals surface area contributed by atoms with Gasteiger partial charge in [0, 0.05) is 5.69 Å². The van der Waals surface area contributed by atoms with Crippen LogP contribution in [0.15, 0.2) is 77.7 Å². The molecule has 0 aliphatic heterocycles. The smallest absolute Gasteiger partial charge is 0.264 e. The summed E-state index contributed by atoms with van der Waals surface area (Å²) in [4.78, 5) is 13.1. The van der Waals surface area contributed by atoms with Gasteiger partial charge in [-0.1, -0.05) is 12.1 Å². The monoisotopic (exact) mass is 562 g/mol. The van der Waals surface area contributed by atoms with Crippen molar-refractivity contribution < 1.29 is 22.3 Å². The SMILES string of the molecule is CCOc1ccc(N(CC(=O)Nc2ccc(C3C4CC5CC(C4)CC3C5)cc2)S(=O)(=O)c2ccc(F)cc2)cc1. The van der Waals surface area contributed by atoms with Crippen LogP contribution in [0.25, 0.3) is 0 Å². The summed E-state index contributed by atoms with van der Waals surface area (Å²) < 4.78 is 47.2. The Labute approximate surface area is 235 Å². The molecule has 3 aromatic rings. The van der Waals surface area contributed by atoms with E-state index in [-0.39, 0.29) is 4.90 Å². The highest BCUT2D eigenvalue weighted by molar-refractivity contribution is 7.92. The molecule has 210 valence electrons. The third kappa shape index (κ3) is 5.33. The Bertz CT molecular complexity index is 1430. The maximum Gasteiger partial charge on any atom is 0.264 e. The van der Waals surface area contributed by atoms with Gasteiger partial charge in [-0.05, 0) is 135 Å². The Hall–Kier alpha value is -3.39. The number of hydrogen-bond acceptors (Lipinski definition) is 4. The van der Waals surface area contributed by atoms with Crippen LogP contribution in [0.3, 0.4) is 0 Å². The number of nitrogens with zero attached hydrogens (tertiary/aromatic N) is 1. The number of sulfonamides is 1. The van der Waals surface area contributed by atoms with Crippen LogP contribution in [-0.4, -0.2) is 27.5 Å². The summed E-state index contributed by atoms with van der Waals surface area (Å²) in [6, 6.07) is 19.2. The van der Waals surface area contributed by atoms with Crippen LogP contribution < -0.4 is 14.4 Å². The van der Waals surface area contributed by atoms with Crippen molar-refractivity contribution in [2.45, 2.75) is 49.8 Å². The summed E-state index contributed by atoms with van der Waals surface area (Å²) in [7, 11) is -4.15. The molecule has 1 amide bonds. The number of benzene rings is 3. The Morgan fingerprint density at radius 2 is 1.48 bits per heavy atom. The molecule has 0 aromatic heterocycles. The summed E-state index contributed by atoms with van der Waals surface area (Å²) >= 11 is 0. The van der Waals surface area contributed by atoms with E-state index in [1.54, 1.807) is 24.3 Å². The number of rotatable bonds is 9. The highest BCUT2D eigenvalue weighted by Crippen LogP contribution is 2.59. The molecule has 4 bridgehead atoms. The lowest BCUT2D eigenvalue weighted by atomic mass is 9.51. The third-order valence-corrected chi connectivity index (χ3v) is 10.7. The number of halogens is 1. The first-order valence-electron chi connectivity index (χ1n) is 14.2. The van der Waals surface area contributed by atoms with Gasteiger partial charge in [0.15, 0.2) is 0 Å². The van der Waals surface area contributed by atoms with Crippen LogP contribution in [0, 0.1) is 29.5 Å². The number of carbonyl (C=O) groups excluding carboxylic acids is 1. The number of nitrogens with one attached hydrogen (secondary N) is 1. The molecule has 8 heteroatoms. The molecule has 7 rings (SSSR count). The molecule has 0 spiro atoms. The molecule has 1 N–H and O–H groups in total. The molecule has 4 fully saturated rings. The van der Waals surface area contributed by atoms with Gasteiger partial charge in [0.05, 0.1) is 17.2 Å². The molecule has 4 aliphatic rings. The minimum atomic E-state index is -4.15. The highest BCUT2D eigenvalue weighted by Gasteiger charge is 2.48. The minimum Gasteiger partial charge on any atom is -0.494 e. The molecule has 4 aliphatic carbocycles. The fourth-order valence-electron chi connectivity index (χ4n) is 7.51. The lowest BCUT2D eigenvalue weighted by molar-refractivity contribution is -0.114. The molecule has 4 saturated carbocycles. The fraction of sp³-hybridized carbons (Fsp3) is 0.406. The fourth-order valence-corrected chi connectivity index (χ4v) is 8.93. The quantitative estimate of drug-likeness (QED) is 0.319. The lowest BCUT2D eigenvalue weighted by Gasteiger charge is -2.54. The number of ether oxygens (including phenoxy) is 1. The van der Waals surface area contributed by atoms with Crippen molar-refractivity contribution in [1.29, 1.82) is 0 Å². The van der Waals surface area contributed by atoms with E-state index in [4.69, 9.17) is 4.74 Å². The Morgan fingerprint density at radius 1 is 0.875 bits per heavy atom. The van der Waals surface area contributed by atoms with Crippen LogP contribution in [0.2, 0.25) is 0 Å². The van der Waals surface area contributed by atoms with E-state index in [9.17, 15) is 17.6 Å². The second-order valence-corrected chi connectivity index (χ2v) is 13.4. The largest absolute Gasteiger partial charge is 0.494 e. The average Bonchev–Trinajstić information content (AvgIpc) is 2.93. The van der Waals surface area contributed by atoms with Gasteiger partial charge in [-0.15, -0.1) is 0 Å². The van der Waals surface area contributed by atoms with Gasteiger partial charge in [-0.25, -0.2) is 12.8 Å². The topological polar surface area (TPSA) is 75.7 Å². The van der Waals surface area contributed by atoms with E-state index in [1.165, 1.54) is 49.8 Å². The van der Waals surface area contributed by atoms with Gasteiger partial charge < -0.3 is 10.1 Å². The zero-order valence-electron chi connectivity index (χ0n) is 22.6. The van der Waals surface area contributed by atoms with Crippen LogP contribution in [0.5, 0.6) is 5.75 Å². The van der Waals surface area contributed by atoms with E-state index in [0.717, 1.165) is 40.1 Å². The van der Waals surface area contributed by atoms with Crippen molar-refractivity contribution in [2.75, 3.05) is 22.8 Å². The number of amides is 1. The van der Waals surface area contributed by atoms with E-state index in [2.05, 4.69) is 17.4 Å². The van der Waals surface area contributed by atoms with Crippen molar-refractivity contribution in [3.63, 3.8) is 0 Å². The third-order valence-electron chi connectivity index (χ3n) is 8.93. The molecule has 0 atom stereocenters. The van der Waals surface area contributed by atoms with Gasteiger partial charge >= 0.3 is 0 Å². The molecule has 0 radical (unpaired) electrons. The number of carbonyl (C=O) groups is 1. The van der Waals surface area contributed by atoms with Gasteiger partial charge in [0.25, 0.3) is 10.0 Å². The number of anilines is 2. The van der Waals surface area contributed by atoms with Crippen molar-refractivity contribution in [3.8, 4) is 5.75 Å². The highest BCUT2D eigenvalue weighted by atomic mass is 32.2. The molecule has 0 saturated heterocycles. The predicted molar refractivity (Wildman–Crippen MR) is 153 cm³/mol. The van der Waals surface area contributed by atoms with E-state index >= 15 is 0 Å². The predicted octanol–water partition coefficient (Wildman–Crippen LogP) is 6.60.